The van der Waals surface area contributed by atoms with Crippen LogP contribution in [0.25, 0.3) is 22.3 Å². The molecule has 0 amide bonds. The van der Waals surface area contributed by atoms with Gasteiger partial charge in [0.1, 0.15) is 5.75 Å². The van der Waals surface area contributed by atoms with Gasteiger partial charge in [0.25, 0.3) is 0 Å². The molecule has 0 saturated carbocycles. The fraction of sp³-hybridized carbons (Fsp3) is 0.368. The molecular weight excluding hydrogens is 343 g/mol. The second kappa shape index (κ2) is 6.97. The van der Waals surface area contributed by atoms with Gasteiger partial charge in [-0.3, -0.25) is 0 Å². The lowest BCUT2D eigenvalue weighted by molar-refractivity contribution is -0.136. The number of halogens is 3. The molecule has 1 aromatic carbocycles. The third kappa shape index (κ3) is 3.25. The van der Waals surface area contributed by atoms with E-state index in [4.69, 9.17) is 4.74 Å². The molecule has 3 rings (SSSR count). The molecule has 0 spiro atoms. The number of para-hydroxylation sites is 1. The molecule has 26 heavy (non-hydrogen) atoms. The molecule has 7 heteroatoms. The molecule has 0 aliphatic heterocycles. The lowest BCUT2D eigenvalue weighted by Crippen LogP contribution is -2.08. The molecule has 0 radical (unpaired) electrons. The number of hydrogen-bond donors (Lipinski definition) is 0. The first kappa shape index (κ1) is 18.2. The fourth-order valence-corrected chi connectivity index (χ4v) is 3.04. The summed E-state index contributed by atoms with van der Waals surface area (Å²) in [5, 5.41) is 4.36. The van der Waals surface area contributed by atoms with Crippen LogP contribution >= 0.6 is 0 Å². The summed E-state index contributed by atoms with van der Waals surface area (Å²) < 4.78 is 48.1. The summed E-state index contributed by atoms with van der Waals surface area (Å²) in [6, 6.07) is 8.00. The largest absolute Gasteiger partial charge is 0.496 e. The van der Waals surface area contributed by atoms with E-state index in [1.165, 1.54) is 7.11 Å². The van der Waals surface area contributed by atoms with Crippen molar-refractivity contribution >= 4 is 11.0 Å². The first-order valence-corrected chi connectivity index (χ1v) is 8.45. The van der Waals surface area contributed by atoms with Crippen LogP contribution in [-0.4, -0.2) is 21.9 Å². The maximum absolute atomic E-state index is 13.7. The molecule has 0 fully saturated rings. The molecule has 4 nitrogen and oxygen atoms in total. The Labute approximate surface area is 149 Å². The summed E-state index contributed by atoms with van der Waals surface area (Å²) in [5.41, 5.74) is 0.612. The Balaban J connectivity index is 2.31. The van der Waals surface area contributed by atoms with Gasteiger partial charge < -0.3 is 4.74 Å². The number of fused-ring (bicyclic) bond motifs is 1. The van der Waals surface area contributed by atoms with E-state index in [2.05, 4.69) is 10.1 Å². The van der Waals surface area contributed by atoms with Crippen LogP contribution in [-0.2, 0) is 12.7 Å². The molecule has 0 atom stereocenters. The first-order valence-electron chi connectivity index (χ1n) is 8.45. The minimum atomic E-state index is -4.50. The maximum atomic E-state index is 13.7. The van der Waals surface area contributed by atoms with Gasteiger partial charge in [0.2, 0.25) is 0 Å². The molecule has 0 aliphatic carbocycles. The number of alkyl halides is 3. The Morgan fingerprint density at radius 1 is 1.19 bits per heavy atom. The average molecular weight is 363 g/mol. The van der Waals surface area contributed by atoms with Crippen LogP contribution < -0.4 is 4.74 Å². The van der Waals surface area contributed by atoms with Crippen molar-refractivity contribution in [2.24, 2.45) is 0 Å². The van der Waals surface area contributed by atoms with Crippen molar-refractivity contribution in [3.05, 3.63) is 41.6 Å². The lowest BCUT2D eigenvalue weighted by atomic mass is 10.0. The van der Waals surface area contributed by atoms with Gasteiger partial charge in [-0.05, 0) is 31.5 Å². The molecule has 2 heterocycles. The summed E-state index contributed by atoms with van der Waals surface area (Å²) in [6.45, 7) is 4.14. The highest BCUT2D eigenvalue weighted by molar-refractivity contribution is 5.86. The molecule has 3 aromatic rings. The van der Waals surface area contributed by atoms with Crippen LogP contribution in [0.4, 0.5) is 13.2 Å². The van der Waals surface area contributed by atoms with Crippen LogP contribution in [0.15, 0.2) is 30.3 Å². The third-order valence-electron chi connectivity index (χ3n) is 4.29. The van der Waals surface area contributed by atoms with Crippen LogP contribution in [0.2, 0.25) is 0 Å². The summed E-state index contributed by atoms with van der Waals surface area (Å²) in [5.74, 6) is 0.476. The number of pyridine rings is 1. The van der Waals surface area contributed by atoms with E-state index in [-0.39, 0.29) is 16.7 Å². The minimum absolute atomic E-state index is 0.0623. The van der Waals surface area contributed by atoms with Gasteiger partial charge in [-0.25, -0.2) is 9.67 Å². The molecule has 0 bridgehead atoms. The van der Waals surface area contributed by atoms with Crippen LogP contribution in [0, 0.1) is 6.92 Å². The van der Waals surface area contributed by atoms with Crippen LogP contribution in [0.1, 0.15) is 31.0 Å². The lowest BCUT2D eigenvalue weighted by Gasteiger charge is -2.13. The van der Waals surface area contributed by atoms with Crippen LogP contribution in [0.3, 0.4) is 0 Å². The summed E-state index contributed by atoms with van der Waals surface area (Å²) in [7, 11) is 1.48. The van der Waals surface area contributed by atoms with Crippen molar-refractivity contribution < 1.29 is 17.9 Å². The van der Waals surface area contributed by atoms with Gasteiger partial charge in [0, 0.05) is 12.1 Å². The van der Waals surface area contributed by atoms with Crippen molar-refractivity contribution in [1.29, 1.82) is 0 Å². The SMILES string of the molecule is CCCCn1nc(C)c2c(C(F)(F)F)cc(-c3ccccc3OC)nc21. The van der Waals surface area contributed by atoms with Gasteiger partial charge in [0.15, 0.2) is 5.65 Å². The Hall–Kier alpha value is -2.57. The Morgan fingerprint density at radius 2 is 1.92 bits per heavy atom. The Bertz CT molecular complexity index is 932. The molecular formula is C19H20F3N3O. The zero-order valence-corrected chi connectivity index (χ0v) is 14.9. The Morgan fingerprint density at radius 3 is 2.58 bits per heavy atom. The second-order valence-electron chi connectivity index (χ2n) is 6.11. The minimum Gasteiger partial charge on any atom is -0.496 e. The molecule has 0 saturated heterocycles. The number of rotatable bonds is 5. The summed E-state index contributed by atoms with van der Waals surface area (Å²) in [6.07, 6.45) is -2.77. The van der Waals surface area contributed by atoms with Gasteiger partial charge in [-0.15, -0.1) is 0 Å². The highest BCUT2D eigenvalue weighted by Gasteiger charge is 2.35. The highest BCUT2D eigenvalue weighted by atomic mass is 19.4. The average Bonchev–Trinajstić information content (AvgIpc) is 2.94. The number of aromatic nitrogens is 3. The predicted octanol–water partition coefficient (Wildman–Crippen LogP) is 5.23. The van der Waals surface area contributed by atoms with Crippen molar-refractivity contribution in [2.45, 2.75) is 39.4 Å². The smallest absolute Gasteiger partial charge is 0.417 e. The van der Waals surface area contributed by atoms with E-state index in [9.17, 15) is 13.2 Å². The summed E-state index contributed by atoms with van der Waals surface area (Å²) in [4.78, 5) is 4.52. The zero-order valence-electron chi connectivity index (χ0n) is 14.9. The van der Waals surface area contributed by atoms with Crippen LogP contribution in [0.5, 0.6) is 5.75 Å². The van der Waals surface area contributed by atoms with E-state index in [1.54, 1.807) is 35.9 Å². The number of hydrogen-bond acceptors (Lipinski definition) is 3. The number of aryl methyl sites for hydroxylation is 2. The molecule has 2 aromatic heterocycles. The second-order valence-corrected chi connectivity index (χ2v) is 6.11. The standard InChI is InChI=1S/C19H20F3N3O/c1-4-5-10-25-18-17(12(2)24-25)14(19(20,21)22)11-15(23-18)13-8-6-7-9-16(13)26-3/h6-9,11H,4-5,10H2,1-3H3. The zero-order chi connectivity index (χ0) is 18.9. The normalized spacial score (nSPS) is 11.9. The predicted molar refractivity (Wildman–Crippen MR) is 94.2 cm³/mol. The monoisotopic (exact) mass is 363 g/mol. The number of benzene rings is 1. The van der Waals surface area contributed by atoms with Gasteiger partial charge in [-0.1, -0.05) is 25.5 Å². The maximum Gasteiger partial charge on any atom is 0.417 e. The van der Waals surface area contributed by atoms with E-state index >= 15 is 0 Å². The highest BCUT2D eigenvalue weighted by Crippen LogP contribution is 2.39. The fourth-order valence-electron chi connectivity index (χ4n) is 3.04. The van der Waals surface area contributed by atoms with E-state index in [0.29, 0.717) is 23.6 Å². The van der Waals surface area contributed by atoms with Crippen molar-refractivity contribution in [3.8, 4) is 17.0 Å². The molecule has 0 aliphatic rings. The topological polar surface area (TPSA) is 39.9 Å². The third-order valence-corrected chi connectivity index (χ3v) is 4.29. The molecule has 0 unspecified atom stereocenters. The van der Waals surface area contributed by atoms with Gasteiger partial charge in [0.05, 0.1) is 29.4 Å². The number of unbranched alkanes of at least 4 members (excludes halogenated alkanes) is 1. The number of methoxy groups -OCH3 is 1. The van der Waals surface area contributed by atoms with Crippen molar-refractivity contribution in [2.75, 3.05) is 7.11 Å². The van der Waals surface area contributed by atoms with Crippen molar-refractivity contribution in [3.63, 3.8) is 0 Å². The van der Waals surface area contributed by atoms with Gasteiger partial charge >= 0.3 is 6.18 Å². The quantitative estimate of drug-likeness (QED) is 0.623. The van der Waals surface area contributed by atoms with E-state index in [1.807, 2.05) is 6.92 Å². The van der Waals surface area contributed by atoms with E-state index < -0.39 is 11.7 Å². The Kier molecular flexibility index (Phi) is 4.89. The van der Waals surface area contributed by atoms with Crippen molar-refractivity contribution in [1.82, 2.24) is 14.8 Å². The molecule has 0 N–H and O–H groups in total. The first-order chi connectivity index (χ1) is 12.4. The number of nitrogens with zero attached hydrogens (tertiary/aromatic N) is 3. The van der Waals surface area contributed by atoms with Gasteiger partial charge in [-0.2, -0.15) is 18.3 Å². The summed E-state index contributed by atoms with van der Waals surface area (Å²) >= 11 is 0. The molecule has 138 valence electrons. The number of ether oxygens (including phenoxy) is 1. The van der Waals surface area contributed by atoms with E-state index in [0.717, 1.165) is 18.9 Å².